The maximum absolute atomic E-state index is 13.0. The molecule has 0 aliphatic carbocycles. The van der Waals surface area contributed by atoms with Crippen LogP contribution in [-0.4, -0.2) is 21.7 Å². The Balaban J connectivity index is 2.11. The van der Waals surface area contributed by atoms with Gasteiger partial charge >= 0.3 is 0 Å². The van der Waals surface area contributed by atoms with Crippen molar-refractivity contribution in [3.63, 3.8) is 0 Å². The Morgan fingerprint density at radius 2 is 1.70 bits per heavy atom. The monoisotopic (exact) mass is 361 g/mol. The quantitative estimate of drug-likeness (QED) is 0.700. The minimum atomic E-state index is -0.105. The molecule has 1 aromatic heterocycles. The van der Waals surface area contributed by atoms with Gasteiger partial charge in [-0.25, -0.2) is 4.68 Å². The van der Waals surface area contributed by atoms with Gasteiger partial charge in [-0.3, -0.25) is 4.79 Å². The normalized spacial score (nSPS) is 12.2. The van der Waals surface area contributed by atoms with E-state index < -0.39 is 0 Å². The zero-order valence-electron chi connectivity index (χ0n) is 16.7. The summed E-state index contributed by atoms with van der Waals surface area (Å²) in [5.41, 5.74) is 5.48. The maximum atomic E-state index is 13.0. The van der Waals surface area contributed by atoms with E-state index in [4.69, 9.17) is 5.10 Å². The topological polar surface area (TPSA) is 46.9 Å². The minimum absolute atomic E-state index is 0.0830. The molecule has 140 valence electrons. The van der Waals surface area contributed by atoms with Crippen LogP contribution >= 0.6 is 0 Å². The molecule has 0 bridgehead atoms. The van der Waals surface area contributed by atoms with Crippen molar-refractivity contribution < 1.29 is 4.79 Å². The number of aromatic nitrogens is 2. The fourth-order valence-corrected chi connectivity index (χ4v) is 2.87. The van der Waals surface area contributed by atoms with E-state index in [-0.39, 0.29) is 11.9 Å². The van der Waals surface area contributed by atoms with Crippen molar-refractivity contribution in [1.29, 1.82) is 0 Å². The molecule has 1 heterocycles. The molecule has 1 N–H and O–H groups in total. The van der Waals surface area contributed by atoms with Crippen LogP contribution in [0.25, 0.3) is 16.9 Å². The number of hydrogen-bond donors (Lipinski definition) is 1. The summed E-state index contributed by atoms with van der Waals surface area (Å²) in [5.74, 6) is 0.256. The van der Waals surface area contributed by atoms with Crippen LogP contribution in [0.5, 0.6) is 0 Å². The van der Waals surface area contributed by atoms with Crippen LogP contribution in [0.2, 0.25) is 0 Å². The van der Waals surface area contributed by atoms with Gasteiger partial charge in [0.05, 0.1) is 11.4 Å². The number of nitrogens with one attached hydrogen (secondary N) is 1. The molecule has 27 heavy (non-hydrogen) atoms. The zero-order valence-corrected chi connectivity index (χ0v) is 16.7. The molecular weight excluding hydrogens is 334 g/mol. The molecule has 4 nitrogen and oxygen atoms in total. The van der Waals surface area contributed by atoms with E-state index >= 15 is 0 Å². The van der Waals surface area contributed by atoms with Crippen LogP contribution in [0, 0.1) is 19.8 Å². The molecular formula is C23H27N3O. The first-order valence-corrected chi connectivity index (χ1v) is 9.41. The molecule has 0 aliphatic heterocycles. The zero-order chi connectivity index (χ0) is 19.6. The molecule has 0 unspecified atom stereocenters. The van der Waals surface area contributed by atoms with Crippen molar-refractivity contribution in [2.75, 3.05) is 0 Å². The second-order valence-corrected chi connectivity index (χ2v) is 7.49. The summed E-state index contributed by atoms with van der Waals surface area (Å²) in [6.45, 7) is 10.3. The van der Waals surface area contributed by atoms with E-state index in [1.165, 1.54) is 0 Å². The summed E-state index contributed by atoms with van der Waals surface area (Å²) in [6, 6.07) is 18.1. The highest BCUT2D eigenvalue weighted by molar-refractivity contribution is 5.94. The lowest BCUT2D eigenvalue weighted by Gasteiger charge is -2.18. The Hall–Kier alpha value is -2.88. The molecule has 3 aromatic rings. The summed E-state index contributed by atoms with van der Waals surface area (Å²) in [5, 5.41) is 7.89. The van der Waals surface area contributed by atoms with Gasteiger partial charge in [0.1, 0.15) is 5.69 Å². The lowest BCUT2D eigenvalue weighted by molar-refractivity contribution is 0.0922. The number of carbonyl (C=O) groups is 1. The van der Waals surface area contributed by atoms with Crippen LogP contribution in [0.3, 0.4) is 0 Å². The second kappa shape index (κ2) is 7.78. The molecule has 4 heteroatoms. The third-order valence-corrected chi connectivity index (χ3v) is 4.96. The Kier molecular flexibility index (Phi) is 5.45. The molecule has 3 rings (SSSR count). The van der Waals surface area contributed by atoms with Gasteiger partial charge in [0.15, 0.2) is 0 Å². The number of amides is 1. The number of carbonyl (C=O) groups excluding carboxylic acids is 1. The molecule has 2 aromatic carbocycles. The van der Waals surface area contributed by atoms with Crippen molar-refractivity contribution >= 4 is 5.91 Å². The van der Waals surface area contributed by atoms with E-state index in [0.29, 0.717) is 11.6 Å². The summed E-state index contributed by atoms with van der Waals surface area (Å²) in [7, 11) is 0. The summed E-state index contributed by atoms with van der Waals surface area (Å²) < 4.78 is 1.77. The van der Waals surface area contributed by atoms with Gasteiger partial charge in [-0.15, -0.1) is 0 Å². The fourth-order valence-electron chi connectivity index (χ4n) is 2.87. The standard InChI is InChI=1S/C23H27N3O/c1-15(2)18(5)24-23(27)22-14-20(19-9-7-6-8-10-19)25-26(22)21-13-16(3)11-12-17(21)4/h6-15,18H,1-5H3,(H,24,27)/t18-/m0/s1. The van der Waals surface area contributed by atoms with E-state index in [9.17, 15) is 4.79 Å². The first-order valence-electron chi connectivity index (χ1n) is 9.41. The predicted molar refractivity (Wildman–Crippen MR) is 110 cm³/mol. The fraction of sp³-hybridized carbons (Fsp3) is 0.304. The van der Waals surface area contributed by atoms with Crippen molar-refractivity contribution in [1.82, 2.24) is 15.1 Å². The Morgan fingerprint density at radius 1 is 1.00 bits per heavy atom. The molecule has 0 radical (unpaired) electrons. The Bertz CT molecular complexity index is 942. The van der Waals surface area contributed by atoms with Crippen LogP contribution in [0.15, 0.2) is 54.6 Å². The summed E-state index contributed by atoms with van der Waals surface area (Å²) in [4.78, 5) is 13.0. The lowest BCUT2D eigenvalue weighted by atomic mass is 10.1. The lowest BCUT2D eigenvalue weighted by Crippen LogP contribution is -2.37. The summed E-state index contributed by atoms with van der Waals surface area (Å²) in [6.07, 6.45) is 0. The van der Waals surface area contributed by atoms with Crippen LogP contribution in [0.4, 0.5) is 0 Å². The smallest absolute Gasteiger partial charge is 0.270 e. The highest BCUT2D eigenvalue weighted by atomic mass is 16.2. The molecule has 0 saturated heterocycles. The number of nitrogens with zero attached hydrogens (tertiary/aromatic N) is 2. The SMILES string of the molecule is Cc1ccc(C)c(-n2nc(-c3ccccc3)cc2C(=O)N[C@@H](C)C(C)C)c1. The number of hydrogen-bond acceptors (Lipinski definition) is 2. The van der Waals surface area contributed by atoms with E-state index in [1.807, 2.05) is 57.2 Å². The highest BCUT2D eigenvalue weighted by Gasteiger charge is 2.21. The average Bonchev–Trinajstić information content (AvgIpc) is 3.09. The van der Waals surface area contributed by atoms with E-state index in [2.05, 4.69) is 37.4 Å². The largest absolute Gasteiger partial charge is 0.348 e. The van der Waals surface area contributed by atoms with Crippen molar-refractivity contribution in [2.45, 2.75) is 40.7 Å². The van der Waals surface area contributed by atoms with Crippen LogP contribution in [-0.2, 0) is 0 Å². The van der Waals surface area contributed by atoms with Crippen LogP contribution in [0.1, 0.15) is 42.4 Å². The van der Waals surface area contributed by atoms with Crippen LogP contribution < -0.4 is 5.32 Å². The number of rotatable bonds is 5. The molecule has 0 saturated carbocycles. The van der Waals surface area contributed by atoms with Gasteiger partial charge in [0.25, 0.3) is 5.91 Å². The first-order chi connectivity index (χ1) is 12.9. The Morgan fingerprint density at radius 3 is 2.37 bits per heavy atom. The van der Waals surface area contributed by atoms with Crippen molar-refractivity contribution in [3.05, 3.63) is 71.4 Å². The van der Waals surface area contributed by atoms with E-state index in [0.717, 1.165) is 28.1 Å². The van der Waals surface area contributed by atoms with Gasteiger partial charge in [0, 0.05) is 11.6 Å². The van der Waals surface area contributed by atoms with Gasteiger partial charge in [-0.05, 0) is 49.9 Å². The number of benzene rings is 2. The summed E-state index contributed by atoms with van der Waals surface area (Å²) >= 11 is 0. The number of aryl methyl sites for hydroxylation is 2. The molecule has 1 atom stereocenters. The Labute approximate surface area is 161 Å². The second-order valence-electron chi connectivity index (χ2n) is 7.49. The third kappa shape index (κ3) is 4.11. The molecule has 1 amide bonds. The molecule has 0 spiro atoms. The first kappa shape index (κ1) is 18.9. The van der Waals surface area contributed by atoms with Gasteiger partial charge < -0.3 is 5.32 Å². The highest BCUT2D eigenvalue weighted by Crippen LogP contribution is 2.24. The van der Waals surface area contributed by atoms with E-state index in [1.54, 1.807) is 4.68 Å². The third-order valence-electron chi connectivity index (χ3n) is 4.96. The van der Waals surface area contributed by atoms with Crippen molar-refractivity contribution in [3.8, 4) is 16.9 Å². The molecule has 0 fully saturated rings. The van der Waals surface area contributed by atoms with Gasteiger partial charge in [0.2, 0.25) is 0 Å². The maximum Gasteiger partial charge on any atom is 0.270 e. The van der Waals surface area contributed by atoms with Gasteiger partial charge in [-0.1, -0.05) is 56.3 Å². The average molecular weight is 361 g/mol. The molecule has 0 aliphatic rings. The minimum Gasteiger partial charge on any atom is -0.348 e. The van der Waals surface area contributed by atoms with Gasteiger partial charge in [-0.2, -0.15) is 5.10 Å². The predicted octanol–water partition coefficient (Wildman–Crippen LogP) is 4.93. The van der Waals surface area contributed by atoms with Crippen molar-refractivity contribution in [2.24, 2.45) is 5.92 Å².